The van der Waals surface area contributed by atoms with Crippen molar-refractivity contribution >= 4 is 17.2 Å². The number of benzene rings is 1. The second-order valence-electron chi connectivity index (χ2n) is 6.26. The number of hydrogen-bond acceptors (Lipinski definition) is 5. The number of nitrogens with zero attached hydrogens (tertiary/aromatic N) is 2. The van der Waals surface area contributed by atoms with Gasteiger partial charge in [-0.15, -0.1) is 11.3 Å². The highest BCUT2D eigenvalue weighted by atomic mass is 32.1. The highest BCUT2D eigenvalue weighted by Gasteiger charge is 2.37. The third-order valence-corrected chi connectivity index (χ3v) is 5.79. The summed E-state index contributed by atoms with van der Waals surface area (Å²) in [5, 5.41) is 10.8. The molecule has 3 rings (SSSR count). The SMILES string of the molecule is COC(C)c1nc(C)c(C(=O)N2CC(O)CC2c2cccc(F)c2)s1. The molecule has 1 aromatic carbocycles. The second kappa shape index (κ2) is 7.19. The number of ether oxygens (including phenoxy) is 1. The van der Waals surface area contributed by atoms with E-state index in [1.807, 2.05) is 6.92 Å². The molecule has 0 bridgehead atoms. The number of likely N-dealkylation sites (tertiary alicyclic amines) is 1. The average Bonchev–Trinajstić information content (AvgIpc) is 3.16. The first-order chi connectivity index (χ1) is 11.9. The Morgan fingerprint density at radius 2 is 2.28 bits per heavy atom. The van der Waals surface area contributed by atoms with Crippen molar-refractivity contribution in [2.45, 2.75) is 38.5 Å². The molecule has 1 aromatic heterocycles. The van der Waals surface area contributed by atoms with E-state index in [0.29, 0.717) is 22.6 Å². The second-order valence-corrected chi connectivity index (χ2v) is 7.29. The zero-order valence-corrected chi connectivity index (χ0v) is 15.2. The maximum Gasteiger partial charge on any atom is 0.266 e. The van der Waals surface area contributed by atoms with Crippen molar-refractivity contribution < 1.29 is 19.0 Å². The fourth-order valence-corrected chi connectivity index (χ4v) is 4.14. The van der Waals surface area contributed by atoms with Crippen LogP contribution < -0.4 is 0 Å². The average molecular weight is 364 g/mol. The van der Waals surface area contributed by atoms with Crippen LogP contribution in [-0.4, -0.2) is 40.7 Å². The van der Waals surface area contributed by atoms with Gasteiger partial charge < -0.3 is 14.7 Å². The van der Waals surface area contributed by atoms with E-state index in [4.69, 9.17) is 4.74 Å². The van der Waals surface area contributed by atoms with Crippen molar-refractivity contribution in [3.63, 3.8) is 0 Å². The Morgan fingerprint density at radius 3 is 2.96 bits per heavy atom. The van der Waals surface area contributed by atoms with E-state index in [0.717, 1.165) is 5.01 Å². The monoisotopic (exact) mass is 364 g/mol. The zero-order valence-electron chi connectivity index (χ0n) is 14.4. The van der Waals surface area contributed by atoms with Gasteiger partial charge in [0.2, 0.25) is 0 Å². The molecule has 1 N–H and O–H groups in total. The molecule has 1 saturated heterocycles. The minimum atomic E-state index is -0.622. The Labute approximate surface area is 150 Å². The maximum absolute atomic E-state index is 13.6. The van der Waals surface area contributed by atoms with Crippen LogP contribution in [0, 0.1) is 12.7 Å². The summed E-state index contributed by atoms with van der Waals surface area (Å²) in [7, 11) is 1.60. The predicted octanol–water partition coefficient (Wildman–Crippen LogP) is 3.25. The van der Waals surface area contributed by atoms with Crippen LogP contribution >= 0.6 is 11.3 Å². The highest BCUT2D eigenvalue weighted by molar-refractivity contribution is 7.13. The number of amides is 1. The van der Waals surface area contributed by atoms with Gasteiger partial charge >= 0.3 is 0 Å². The zero-order chi connectivity index (χ0) is 18.1. The molecule has 0 spiro atoms. The first-order valence-corrected chi connectivity index (χ1v) is 8.97. The molecule has 3 atom stereocenters. The number of thiazole rings is 1. The van der Waals surface area contributed by atoms with Gasteiger partial charge in [0.15, 0.2) is 0 Å². The van der Waals surface area contributed by atoms with Crippen LogP contribution in [-0.2, 0) is 4.74 Å². The van der Waals surface area contributed by atoms with Crippen molar-refractivity contribution in [3.8, 4) is 0 Å². The molecule has 3 unspecified atom stereocenters. The first kappa shape index (κ1) is 18.0. The minimum absolute atomic E-state index is 0.185. The Kier molecular flexibility index (Phi) is 5.17. The Balaban J connectivity index is 1.91. The van der Waals surface area contributed by atoms with Crippen LogP contribution in [0.15, 0.2) is 24.3 Å². The van der Waals surface area contributed by atoms with Crippen LogP contribution in [0.2, 0.25) is 0 Å². The molecule has 1 fully saturated rings. The molecule has 1 aliphatic heterocycles. The fourth-order valence-electron chi connectivity index (χ4n) is 3.09. The third kappa shape index (κ3) is 3.58. The summed E-state index contributed by atoms with van der Waals surface area (Å²) < 4.78 is 18.8. The van der Waals surface area contributed by atoms with Crippen molar-refractivity contribution in [2.75, 3.05) is 13.7 Å². The summed E-state index contributed by atoms with van der Waals surface area (Å²) in [4.78, 5) is 19.6. The lowest BCUT2D eigenvalue weighted by Gasteiger charge is -2.24. The van der Waals surface area contributed by atoms with Crippen molar-refractivity contribution in [1.29, 1.82) is 0 Å². The first-order valence-electron chi connectivity index (χ1n) is 8.15. The molecule has 25 heavy (non-hydrogen) atoms. The molecule has 134 valence electrons. The summed E-state index contributed by atoms with van der Waals surface area (Å²) in [6.45, 7) is 3.90. The van der Waals surface area contributed by atoms with E-state index in [1.165, 1.54) is 23.5 Å². The lowest BCUT2D eigenvalue weighted by Crippen LogP contribution is -2.31. The lowest BCUT2D eigenvalue weighted by atomic mass is 10.0. The summed E-state index contributed by atoms with van der Waals surface area (Å²) in [6, 6.07) is 5.84. The molecule has 1 amide bonds. The third-order valence-electron chi connectivity index (χ3n) is 4.48. The van der Waals surface area contributed by atoms with Crippen molar-refractivity contribution in [2.24, 2.45) is 0 Å². The van der Waals surface area contributed by atoms with E-state index in [2.05, 4.69) is 4.98 Å². The van der Waals surface area contributed by atoms with Gasteiger partial charge in [-0.2, -0.15) is 0 Å². The number of aliphatic hydroxyl groups is 1. The Bertz CT molecular complexity index is 779. The van der Waals surface area contributed by atoms with Gasteiger partial charge in [0.25, 0.3) is 5.91 Å². The number of halogens is 1. The van der Waals surface area contributed by atoms with Gasteiger partial charge in [-0.25, -0.2) is 9.37 Å². The van der Waals surface area contributed by atoms with Gasteiger partial charge in [0.05, 0.1) is 17.8 Å². The number of carbonyl (C=O) groups excluding carboxylic acids is 1. The van der Waals surface area contributed by atoms with E-state index in [-0.39, 0.29) is 30.4 Å². The largest absolute Gasteiger partial charge is 0.391 e. The Morgan fingerprint density at radius 1 is 1.52 bits per heavy atom. The number of methoxy groups -OCH3 is 1. The number of β-amino-alcohol motifs (C(OH)–C–C–N with tert-alkyl or cyclic N) is 1. The van der Waals surface area contributed by atoms with Gasteiger partial charge in [-0.05, 0) is 38.0 Å². The van der Waals surface area contributed by atoms with Crippen LogP contribution in [0.25, 0.3) is 0 Å². The number of aliphatic hydroxyl groups excluding tert-OH is 1. The number of carbonyl (C=O) groups is 1. The molecule has 0 aliphatic carbocycles. The molecule has 0 radical (unpaired) electrons. The quantitative estimate of drug-likeness (QED) is 0.905. The van der Waals surface area contributed by atoms with Gasteiger partial charge in [0.1, 0.15) is 21.8 Å². The van der Waals surface area contributed by atoms with Crippen LogP contribution in [0.1, 0.15) is 51.4 Å². The van der Waals surface area contributed by atoms with Crippen LogP contribution in [0.3, 0.4) is 0 Å². The molecular weight excluding hydrogens is 343 g/mol. The summed E-state index contributed by atoms with van der Waals surface area (Å²) in [5.41, 5.74) is 1.34. The maximum atomic E-state index is 13.6. The smallest absolute Gasteiger partial charge is 0.266 e. The normalized spacial score (nSPS) is 21.6. The topological polar surface area (TPSA) is 62.7 Å². The van der Waals surface area contributed by atoms with Crippen molar-refractivity contribution in [1.82, 2.24) is 9.88 Å². The molecule has 1 aliphatic rings. The number of hydrogen-bond donors (Lipinski definition) is 1. The molecular formula is C18H21FN2O3S. The van der Waals surface area contributed by atoms with Crippen LogP contribution in [0.4, 0.5) is 4.39 Å². The molecule has 5 nitrogen and oxygen atoms in total. The van der Waals surface area contributed by atoms with Gasteiger partial charge in [-0.3, -0.25) is 4.79 Å². The lowest BCUT2D eigenvalue weighted by molar-refractivity contribution is 0.0719. The van der Waals surface area contributed by atoms with E-state index >= 15 is 0 Å². The molecule has 0 saturated carbocycles. The van der Waals surface area contributed by atoms with E-state index in [9.17, 15) is 14.3 Å². The van der Waals surface area contributed by atoms with Gasteiger partial charge in [0, 0.05) is 13.7 Å². The number of aryl methyl sites for hydroxylation is 1. The van der Waals surface area contributed by atoms with Crippen molar-refractivity contribution in [3.05, 3.63) is 51.2 Å². The Hall–Kier alpha value is -1.83. The summed E-state index contributed by atoms with van der Waals surface area (Å²) in [6.07, 6.45) is -0.412. The predicted molar refractivity (Wildman–Crippen MR) is 93.1 cm³/mol. The molecule has 2 aromatic rings. The standard InChI is InChI=1S/C18H21FN2O3S/c1-10-16(25-17(20-10)11(2)24-3)18(23)21-9-14(22)8-15(21)12-5-4-6-13(19)7-12/h4-7,11,14-15,22H,8-9H2,1-3H3. The number of aromatic nitrogens is 1. The van der Waals surface area contributed by atoms with E-state index in [1.54, 1.807) is 31.1 Å². The number of rotatable bonds is 4. The van der Waals surface area contributed by atoms with E-state index < -0.39 is 6.10 Å². The molecule has 7 heteroatoms. The highest BCUT2D eigenvalue weighted by Crippen LogP contribution is 2.35. The summed E-state index contributed by atoms with van der Waals surface area (Å²) in [5.74, 6) is -0.535. The van der Waals surface area contributed by atoms with Gasteiger partial charge in [-0.1, -0.05) is 12.1 Å². The molecule has 2 heterocycles. The minimum Gasteiger partial charge on any atom is -0.391 e. The summed E-state index contributed by atoms with van der Waals surface area (Å²) >= 11 is 1.31. The van der Waals surface area contributed by atoms with Crippen LogP contribution in [0.5, 0.6) is 0 Å². The fraction of sp³-hybridized carbons (Fsp3) is 0.444.